The van der Waals surface area contributed by atoms with Gasteiger partial charge in [-0.3, -0.25) is 0 Å². The van der Waals surface area contributed by atoms with Gasteiger partial charge in [-0.25, -0.2) is 4.98 Å². The molecule has 1 aromatic heterocycles. The predicted molar refractivity (Wildman–Crippen MR) is 85.7 cm³/mol. The van der Waals surface area contributed by atoms with E-state index in [4.69, 9.17) is 9.47 Å². The molecule has 0 spiro atoms. The van der Waals surface area contributed by atoms with Crippen molar-refractivity contribution in [1.29, 1.82) is 0 Å². The van der Waals surface area contributed by atoms with E-state index in [0.29, 0.717) is 0 Å². The summed E-state index contributed by atoms with van der Waals surface area (Å²) in [6.07, 6.45) is 0. The molecule has 0 saturated carbocycles. The highest BCUT2D eigenvalue weighted by Crippen LogP contribution is 2.33. The zero-order valence-corrected chi connectivity index (χ0v) is 13.9. The second-order valence-electron chi connectivity index (χ2n) is 5.45. The molecule has 0 aliphatic rings. The zero-order chi connectivity index (χ0) is 15.5. The van der Waals surface area contributed by atoms with Gasteiger partial charge in [-0.05, 0) is 24.6 Å². The van der Waals surface area contributed by atoms with Gasteiger partial charge in [-0.1, -0.05) is 19.9 Å². The summed E-state index contributed by atoms with van der Waals surface area (Å²) in [4.78, 5) is 4.32. The summed E-state index contributed by atoms with van der Waals surface area (Å²) < 4.78 is 14.8. The average molecular weight is 307 g/mol. The molecule has 0 amide bonds. The van der Waals surface area contributed by atoms with E-state index < -0.39 is 0 Å². The van der Waals surface area contributed by atoms with Crippen molar-refractivity contribution in [3.05, 3.63) is 29.6 Å². The molecule has 5 nitrogen and oxygen atoms in total. The first-order valence-electron chi connectivity index (χ1n) is 6.73. The zero-order valence-electron chi connectivity index (χ0n) is 13.1. The van der Waals surface area contributed by atoms with Gasteiger partial charge in [0.1, 0.15) is 5.82 Å². The number of benzene rings is 1. The highest BCUT2D eigenvalue weighted by Gasteiger charge is 2.22. The Labute approximate surface area is 129 Å². The highest BCUT2D eigenvalue weighted by molar-refractivity contribution is 7.09. The summed E-state index contributed by atoms with van der Waals surface area (Å²) in [5.41, 5.74) is 1.10. The monoisotopic (exact) mass is 307 g/mol. The number of hydrogen-bond acceptors (Lipinski definition) is 6. The van der Waals surface area contributed by atoms with E-state index in [9.17, 15) is 0 Å². The van der Waals surface area contributed by atoms with E-state index in [2.05, 4.69) is 34.6 Å². The van der Waals surface area contributed by atoms with Crippen molar-refractivity contribution < 1.29 is 9.47 Å². The third-order valence-electron chi connectivity index (χ3n) is 3.37. The molecular weight excluding hydrogens is 286 g/mol. The van der Waals surface area contributed by atoms with Gasteiger partial charge in [0.2, 0.25) is 5.13 Å². The van der Waals surface area contributed by atoms with E-state index >= 15 is 0 Å². The quantitative estimate of drug-likeness (QED) is 0.888. The first kappa shape index (κ1) is 15.6. The normalized spacial score (nSPS) is 11.3. The lowest BCUT2D eigenvalue weighted by molar-refractivity contribution is 0.353. The maximum absolute atomic E-state index is 5.37. The van der Waals surface area contributed by atoms with Crippen LogP contribution in [0.4, 0.5) is 5.13 Å². The minimum absolute atomic E-state index is 0.0703. The van der Waals surface area contributed by atoms with E-state index in [1.165, 1.54) is 17.1 Å². The molecular formula is C15H21N3O2S. The summed E-state index contributed by atoms with van der Waals surface area (Å²) in [5.74, 6) is 2.28. The molecule has 2 aromatic rings. The molecule has 0 fully saturated rings. The Kier molecular flexibility index (Phi) is 4.67. The Bertz CT molecular complexity index is 611. The second kappa shape index (κ2) is 6.30. The Morgan fingerprint density at radius 2 is 1.90 bits per heavy atom. The number of nitrogens with one attached hydrogen (secondary N) is 1. The van der Waals surface area contributed by atoms with Crippen molar-refractivity contribution in [2.24, 2.45) is 0 Å². The van der Waals surface area contributed by atoms with E-state index in [1.54, 1.807) is 14.2 Å². The lowest BCUT2D eigenvalue weighted by Gasteiger charge is -2.26. The molecule has 0 saturated heterocycles. The first-order chi connectivity index (χ1) is 9.96. The third kappa shape index (κ3) is 3.64. The van der Waals surface area contributed by atoms with Crippen LogP contribution < -0.4 is 14.8 Å². The summed E-state index contributed by atoms with van der Waals surface area (Å²) in [6, 6.07) is 6.02. The fourth-order valence-corrected chi connectivity index (χ4v) is 2.59. The molecule has 1 N–H and O–H groups in total. The van der Waals surface area contributed by atoms with Crippen LogP contribution in [0.25, 0.3) is 0 Å². The van der Waals surface area contributed by atoms with Crippen LogP contribution in [0.2, 0.25) is 0 Å². The molecule has 0 aliphatic heterocycles. The van der Waals surface area contributed by atoms with Gasteiger partial charge in [-0.2, -0.15) is 4.37 Å². The van der Waals surface area contributed by atoms with Crippen LogP contribution in [0.1, 0.15) is 25.2 Å². The summed E-state index contributed by atoms with van der Waals surface area (Å²) >= 11 is 1.38. The Balaban J connectivity index is 2.14. The first-order valence-corrected chi connectivity index (χ1v) is 7.50. The Hall–Kier alpha value is -1.82. The van der Waals surface area contributed by atoms with Crippen LogP contribution in [0.15, 0.2) is 18.2 Å². The van der Waals surface area contributed by atoms with Gasteiger partial charge in [0.25, 0.3) is 0 Å². The number of hydrogen-bond donors (Lipinski definition) is 1. The smallest absolute Gasteiger partial charge is 0.202 e. The lowest BCUT2D eigenvalue weighted by atomic mass is 9.84. The van der Waals surface area contributed by atoms with Crippen LogP contribution in [-0.2, 0) is 5.41 Å². The van der Waals surface area contributed by atoms with Gasteiger partial charge < -0.3 is 14.8 Å². The summed E-state index contributed by atoms with van der Waals surface area (Å²) in [5, 5.41) is 4.19. The van der Waals surface area contributed by atoms with Crippen LogP contribution >= 0.6 is 11.5 Å². The molecule has 1 heterocycles. The van der Waals surface area contributed by atoms with Gasteiger partial charge in [0.05, 0.1) is 14.2 Å². The molecule has 0 aliphatic carbocycles. The maximum Gasteiger partial charge on any atom is 0.202 e. The molecule has 0 bridgehead atoms. The van der Waals surface area contributed by atoms with Crippen molar-refractivity contribution in [1.82, 2.24) is 9.36 Å². The molecule has 114 valence electrons. The summed E-state index contributed by atoms with van der Waals surface area (Å²) in [7, 11) is 3.29. The number of methoxy groups -OCH3 is 2. The SMILES string of the molecule is COc1ccc(C(C)(C)CNc2nc(C)ns2)cc1OC. The van der Waals surface area contributed by atoms with Crippen LogP contribution in [0.3, 0.4) is 0 Å². The molecule has 2 rings (SSSR count). The molecule has 0 atom stereocenters. The fourth-order valence-electron chi connectivity index (χ4n) is 2.02. The van der Waals surface area contributed by atoms with Crippen molar-refractivity contribution >= 4 is 16.7 Å². The van der Waals surface area contributed by atoms with Crippen molar-refractivity contribution in [2.75, 3.05) is 26.1 Å². The van der Waals surface area contributed by atoms with E-state index in [-0.39, 0.29) is 5.41 Å². The molecule has 0 unspecified atom stereocenters. The fraction of sp³-hybridized carbons (Fsp3) is 0.467. The number of aromatic nitrogens is 2. The van der Waals surface area contributed by atoms with Crippen LogP contribution in [-0.4, -0.2) is 30.1 Å². The van der Waals surface area contributed by atoms with Gasteiger partial charge in [0, 0.05) is 23.5 Å². The molecule has 21 heavy (non-hydrogen) atoms. The minimum atomic E-state index is -0.0703. The number of ether oxygens (including phenoxy) is 2. The number of aryl methyl sites for hydroxylation is 1. The average Bonchev–Trinajstić information content (AvgIpc) is 2.90. The largest absolute Gasteiger partial charge is 0.493 e. The molecule has 1 aromatic carbocycles. The minimum Gasteiger partial charge on any atom is -0.493 e. The van der Waals surface area contributed by atoms with Gasteiger partial charge in [-0.15, -0.1) is 0 Å². The van der Waals surface area contributed by atoms with Gasteiger partial charge >= 0.3 is 0 Å². The third-order valence-corrected chi connectivity index (χ3v) is 4.14. The predicted octanol–water partition coefficient (Wildman–Crippen LogP) is 3.25. The standard InChI is InChI=1S/C15H21N3O2S/c1-10-17-14(21-18-10)16-9-15(2,3)11-6-7-12(19-4)13(8-11)20-5/h6-8H,9H2,1-5H3,(H,16,17,18). The van der Waals surface area contributed by atoms with Crippen LogP contribution in [0.5, 0.6) is 11.5 Å². The van der Waals surface area contributed by atoms with Crippen molar-refractivity contribution in [2.45, 2.75) is 26.2 Å². The highest BCUT2D eigenvalue weighted by atomic mass is 32.1. The topological polar surface area (TPSA) is 56.3 Å². The second-order valence-corrected chi connectivity index (χ2v) is 6.21. The number of rotatable bonds is 6. The lowest BCUT2D eigenvalue weighted by Crippen LogP contribution is -2.27. The maximum atomic E-state index is 5.37. The van der Waals surface area contributed by atoms with Gasteiger partial charge in [0.15, 0.2) is 11.5 Å². The summed E-state index contributed by atoms with van der Waals surface area (Å²) in [6.45, 7) is 7.00. The Morgan fingerprint density at radius 1 is 1.19 bits per heavy atom. The van der Waals surface area contributed by atoms with Crippen molar-refractivity contribution in [3.8, 4) is 11.5 Å². The number of anilines is 1. The van der Waals surface area contributed by atoms with Crippen molar-refractivity contribution in [3.63, 3.8) is 0 Å². The van der Waals surface area contributed by atoms with Crippen LogP contribution in [0, 0.1) is 6.92 Å². The number of nitrogens with zero attached hydrogens (tertiary/aromatic N) is 2. The van der Waals surface area contributed by atoms with E-state index in [0.717, 1.165) is 29.0 Å². The Morgan fingerprint density at radius 3 is 2.48 bits per heavy atom. The van der Waals surface area contributed by atoms with E-state index in [1.807, 2.05) is 19.1 Å². The molecule has 6 heteroatoms. The molecule has 0 radical (unpaired) electrons.